The van der Waals surface area contributed by atoms with E-state index in [1.54, 1.807) is 0 Å². The summed E-state index contributed by atoms with van der Waals surface area (Å²) in [4.78, 5) is 32.4. The summed E-state index contributed by atoms with van der Waals surface area (Å²) >= 11 is 0. The molecule has 0 aliphatic heterocycles. The van der Waals surface area contributed by atoms with Crippen LogP contribution in [0.3, 0.4) is 0 Å². The zero-order valence-electron chi connectivity index (χ0n) is 8.21. The summed E-state index contributed by atoms with van der Waals surface area (Å²) in [6, 6.07) is 0. The SMILES string of the molecule is C=CC(=O)OC(=C)C(=O)OC(=O)C(O)CO. The van der Waals surface area contributed by atoms with E-state index in [-0.39, 0.29) is 0 Å². The van der Waals surface area contributed by atoms with Crippen molar-refractivity contribution in [1.29, 1.82) is 0 Å². The maximum absolute atomic E-state index is 11.0. The molecule has 1 atom stereocenters. The van der Waals surface area contributed by atoms with Crippen LogP contribution in [0.25, 0.3) is 0 Å². The number of rotatable bonds is 5. The van der Waals surface area contributed by atoms with E-state index in [4.69, 9.17) is 10.2 Å². The van der Waals surface area contributed by atoms with E-state index in [1.807, 2.05) is 0 Å². The van der Waals surface area contributed by atoms with Gasteiger partial charge >= 0.3 is 17.9 Å². The summed E-state index contributed by atoms with van der Waals surface area (Å²) in [6.07, 6.45) is -1.06. The molecule has 7 nitrogen and oxygen atoms in total. The highest BCUT2D eigenvalue weighted by atomic mass is 16.6. The number of esters is 3. The fourth-order valence-corrected chi connectivity index (χ4v) is 0.496. The van der Waals surface area contributed by atoms with Crippen LogP contribution >= 0.6 is 0 Å². The molecular formula is C9H10O7. The fourth-order valence-electron chi connectivity index (χ4n) is 0.496. The zero-order chi connectivity index (χ0) is 12.7. The predicted molar refractivity (Wildman–Crippen MR) is 49.6 cm³/mol. The lowest BCUT2D eigenvalue weighted by molar-refractivity contribution is -0.168. The van der Waals surface area contributed by atoms with Gasteiger partial charge in [-0.25, -0.2) is 14.4 Å². The van der Waals surface area contributed by atoms with E-state index >= 15 is 0 Å². The van der Waals surface area contributed by atoms with Crippen molar-refractivity contribution in [2.24, 2.45) is 0 Å². The Labute approximate surface area is 90.6 Å². The third-order valence-electron chi connectivity index (χ3n) is 1.26. The third-order valence-corrected chi connectivity index (χ3v) is 1.26. The Balaban J connectivity index is 4.26. The fraction of sp³-hybridized carbons (Fsp3) is 0.222. The minimum Gasteiger partial charge on any atom is -0.416 e. The van der Waals surface area contributed by atoms with Crippen LogP contribution in [-0.4, -0.2) is 40.8 Å². The van der Waals surface area contributed by atoms with Gasteiger partial charge in [0.1, 0.15) is 0 Å². The molecular weight excluding hydrogens is 220 g/mol. The minimum absolute atomic E-state index is 0.733. The van der Waals surface area contributed by atoms with Gasteiger partial charge in [0.15, 0.2) is 6.10 Å². The molecule has 0 rings (SSSR count). The van der Waals surface area contributed by atoms with Crippen LogP contribution in [0.5, 0.6) is 0 Å². The van der Waals surface area contributed by atoms with Crippen molar-refractivity contribution in [3.05, 3.63) is 25.0 Å². The monoisotopic (exact) mass is 230 g/mol. The van der Waals surface area contributed by atoms with Crippen molar-refractivity contribution in [3.8, 4) is 0 Å². The standard InChI is InChI=1S/C9H10O7/c1-3-7(12)15-5(2)8(13)16-9(14)6(11)4-10/h3,6,10-11H,1-2,4H2. The van der Waals surface area contributed by atoms with Gasteiger partial charge in [0.05, 0.1) is 6.61 Å². The lowest BCUT2D eigenvalue weighted by Crippen LogP contribution is -2.29. The molecule has 0 bridgehead atoms. The number of ether oxygens (including phenoxy) is 2. The second-order valence-electron chi connectivity index (χ2n) is 2.46. The smallest absolute Gasteiger partial charge is 0.381 e. The molecule has 0 aliphatic carbocycles. The first-order chi connectivity index (χ1) is 7.42. The minimum atomic E-state index is -1.84. The van der Waals surface area contributed by atoms with Gasteiger partial charge in [0.2, 0.25) is 5.76 Å². The average Bonchev–Trinajstić information content (AvgIpc) is 2.27. The van der Waals surface area contributed by atoms with E-state index in [0.29, 0.717) is 0 Å². The molecule has 0 saturated heterocycles. The number of aliphatic hydroxyl groups is 2. The molecule has 0 amide bonds. The van der Waals surface area contributed by atoms with Gasteiger partial charge in [-0.3, -0.25) is 0 Å². The second-order valence-corrected chi connectivity index (χ2v) is 2.46. The second kappa shape index (κ2) is 6.49. The highest BCUT2D eigenvalue weighted by Gasteiger charge is 2.22. The predicted octanol–water partition coefficient (Wildman–Crippen LogP) is -1.35. The molecule has 0 aromatic rings. The van der Waals surface area contributed by atoms with Gasteiger partial charge in [0, 0.05) is 6.08 Å². The molecule has 0 spiro atoms. The number of hydrogen-bond donors (Lipinski definition) is 2. The zero-order valence-corrected chi connectivity index (χ0v) is 8.21. The summed E-state index contributed by atoms with van der Waals surface area (Å²) in [5.41, 5.74) is 0. The molecule has 88 valence electrons. The number of carbonyl (C=O) groups is 3. The molecule has 0 aromatic heterocycles. The van der Waals surface area contributed by atoms with Crippen LogP contribution < -0.4 is 0 Å². The Hall–Kier alpha value is -1.99. The van der Waals surface area contributed by atoms with Gasteiger partial charge in [0.25, 0.3) is 0 Å². The molecule has 7 heteroatoms. The van der Waals surface area contributed by atoms with Crippen LogP contribution in [0.15, 0.2) is 25.0 Å². The van der Waals surface area contributed by atoms with Gasteiger partial charge < -0.3 is 19.7 Å². The van der Waals surface area contributed by atoms with E-state index in [1.165, 1.54) is 0 Å². The van der Waals surface area contributed by atoms with Crippen molar-refractivity contribution < 1.29 is 34.1 Å². The Morgan fingerprint density at radius 3 is 2.31 bits per heavy atom. The molecule has 0 fully saturated rings. The normalized spacial score (nSPS) is 11.1. The summed E-state index contributed by atoms with van der Waals surface area (Å²) < 4.78 is 8.26. The van der Waals surface area contributed by atoms with Crippen molar-refractivity contribution in [3.63, 3.8) is 0 Å². The van der Waals surface area contributed by atoms with Crippen LogP contribution in [0, 0.1) is 0 Å². The lowest BCUT2D eigenvalue weighted by atomic mass is 10.4. The third kappa shape index (κ3) is 4.49. The maximum atomic E-state index is 11.0. The molecule has 1 unspecified atom stereocenters. The van der Waals surface area contributed by atoms with Gasteiger partial charge in [-0.1, -0.05) is 6.58 Å². The first kappa shape index (κ1) is 14.0. The first-order valence-corrected chi connectivity index (χ1v) is 4.00. The van der Waals surface area contributed by atoms with E-state index in [2.05, 4.69) is 22.6 Å². The molecule has 0 aliphatic rings. The van der Waals surface area contributed by atoms with Crippen LogP contribution in [-0.2, 0) is 23.9 Å². The lowest BCUT2D eigenvalue weighted by Gasteiger charge is -2.07. The molecule has 2 N–H and O–H groups in total. The van der Waals surface area contributed by atoms with Gasteiger partial charge in [-0.15, -0.1) is 0 Å². The van der Waals surface area contributed by atoms with Crippen LogP contribution in [0.2, 0.25) is 0 Å². The van der Waals surface area contributed by atoms with E-state index in [0.717, 1.165) is 6.08 Å². The Morgan fingerprint density at radius 2 is 1.88 bits per heavy atom. The van der Waals surface area contributed by atoms with Crippen molar-refractivity contribution in [2.45, 2.75) is 6.10 Å². The first-order valence-electron chi connectivity index (χ1n) is 4.00. The highest BCUT2D eigenvalue weighted by molar-refractivity contribution is 5.97. The largest absolute Gasteiger partial charge is 0.416 e. The molecule has 16 heavy (non-hydrogen) atoms. The molecule has 0 saturated carbocycles. The Kier molecular flexibility index (Phi) is 5.68. The summed E-state index contributed by atoms with van der Waals surface area (Å²) in [5, 5.41) is 17.1. The quantitative estimate of drug-likeness (QED) is 0.260. The highest BCUT2D eigenvalue weighted by Crippen LogP contribution is 2.00. The number of hydrogen-bond acceptors (Lipinski definition) is 7. The van der Waals surface area contributed by atoms with Crippen molar-refractivity contribution in [1.82, 2.24) is 0 Å². The number of carbonyl (C=O) groups excluding carboxylic acids is 3. The van der Waals surface area contributed by atoms with Gasteiger partial charge in [-0.2, -0.15) is 0 Å². The van der Waals surface area contributed by atoms with Crippen LogP contribution in [0.1, 0.15) is 0 Å². The Bertz CT molecular complexity index is 331. The molecule has 0 aromatic carbocycles. The van der Waals surface area contributed by atoms with E-state index < -0.39 is 36.4 Å². The summed E-state index contributed by atoms with van der Waals surface area (Å²) in [6.45, 7) is 5.19. The maximum Gasteiger partial charge on any atom is 0.381 e. The number of aliphatic hydroxyl groups excluding tert-OH is 2. The van der Waals surface area contributed by atoms with Gasteiger partial charge in [-0.05, 0) is 6.58 Å². The topological polar surface area (TPSA) is 110 Å². The Morgan fingerprint density at radius 1 is 1.31 bits per heavy atom. The van der Waals surface area contributed by atoms with Crippen LogP contribution in [0.4, 0.5) is 0 Å². The van der Waals surface area contributed by atoms with Crippen molar-refractivity contribution in [2.75, 3.05) is 6.61 Å². The molecule has 0 heterocycles. The summed E-state index contributed by atoms with van der Waals surface area (Å²) in [7, 11) is 0. The average molecular weight is 230 g/mol. The summed E-state index contributed by atoms with van der Waals surface area (Å²) in [5.74, 6) is -4.39. The van der Waals surface area contributed by atoms with Crippen molar-refractivity contribution >= 4 is 17.9 Å². The molecule has 0 radical (unpaired) electrons. The van der Waals surface area contributed by atoms with E-state index in [9.17, 15) is 14.4 Å².